The molecule has 0 amide bonds. The number of aromatic hydroxyl groups is 2. The Morgan fingerprint density at radius 1 is 1.00 bits per heavy atom. The largest absolute Gasteiger partial charge is 0.508 e. The van der Waals surface area contributed by atoms with Crippen LogP contribution in [-0.2, 0) is 0 Å². The maximum absolute atomic E-state index is 10.3. The molecule has 6 heteroatoms. The van der Waals surface area contributed by atoms with E-state index in [4.69, 9.17) is 4.74 Å². The van der Waals surface area contributed by atoms with E-state index >= 15 is 0 Å². The molecule has 0 aliphatic rings. The first-order chi connectivity index (χ1) is 12.2. The van der Waals surface area contributed by atoms with Crippen molar-refractivity contribution >= 4 is 11.2 Å². The third-order valence-electron chi connectivity index (χ3n) is 3.98. The van der Waals surface area contributed by atoms with Gasteiger partial charge < -0.3 is 14.9 Å². The van der Waals surface area contributed by atoms with Crippen LogP contribution in [0, 0.1) is 0 Å². The van der Waals surface area contributed by atoms with E-state index < -0.39 is 0 Å². The molecule has 0 unspecified atom stereocenters. The molecule has 0 saturated heterocycles. The predicted octanol–water partition coefficient (Wildman–Crippen LogP) is 3.51. The third-order valence-corrected chi connectivity index (χ3v) is 3.98. The highest BCUT2D eigenvalue weighted by atomic mass is 16.5. The van der Waals surface area contributed by atoms with Crippen LogP contribution in [0.2, 0.25) is 0 Å². The maximum Gasteiger partial charge on any atom is 0.178 e. The topological polar surface area (TPSA) is 80.4 Å². The zero-order valence-electron chi connectivity index (χ0n) is 13.4. The molecule has 4 aromatic rings. The van der Waals surface area contributed by atoms with Crippen molar-refractivity contribution in [2.45, 2.75) is 0 Å². The number of nitrogens with zero attached hydrogens (tertiary/aromatic N) is 3. The minimum absolute atomic E-state index is 0.00789. The fourth-order valence-electron chi connectivity index (χ4n) is 2.80. The van der Waals surface area contributed by atoms with Gasteiger partial charge in [-0.05, 0) is 48.5 Å². The minimum atomic E-state index is -0.0509. The van der Waals surface area contributed by atoms with E-state index in [1.807, 2.05) is 41.0 Å². The van der Waals surface area contributed by atoms with Gasteiger partial charge in [0.1, 0.15) is 17.2 Å². The minimum Gasteiger partial charge on any atom is -0.508 e. The van der Waals surface area contributed by atoms with E-state index in [9.17, 15) is 10.2 Å². The number of phenolic OH excluding ortho intramolecular Hbond substituents is 2. The number of pyridine rings is 1. The summed E-state index contributed by atoms with van der Waals surface area (Å²) in [5.41, 5.74) is 2.75. The number of hydrogen-bond acceptors (Lipinski definition) is 5. The zero-order valence-corrected chi connectivity index (χ0v) is 13.4. The van der Waals surface area contributed by atoms with E-state index in [2.05, 4.69) is 9.97 Å². The number of imidazole rings is 1. The van der Waals surface area contributed by atoms with Crippen LogP contribution in [-0.4, -0.2) is 31.9 Å². The molecule has 0 atom stereocenters. The molecule has 2 aromatic heterocycles. The first-order valence-corrected chi connectivity index (χ1v) is 7.67. The Bertz CT molecular complexity index is 1060. The Labute approximate surface area is 143 Å². The van der Waals surface area contributed by atoms with Crippen molar-refractivity contribution in [1.29, 1.82) is 0 Å². The van der Waals surface area contributed by atoms with E-state index in [-0.39, 0.29) is 11.5 Å². The second-order valence-electron chi connectivity index (χ2n) is 5.52. The average molecular weight is 333 g/mol. The SMILES string of the molecule is COc1ccc(-n2c(-c3ccc(O)cc3O)nc3ncccc32)cc1. The second kappa shape index (κ2) is 5.83. The van der Waals surface area contributed by atoms with Crippen LogP contribution < -0.4 is 4.74 Å². The monoisotopic (exact) mass is 333 g/mol. The van der Waals surface area contributed by atoms with Gasteiger partial charge in [0.05, 0.1) is 18.2 Å². The van der Waals surface area contributed by atoms with Crippen molar-refractivity contribution in [2.75, 3.05) is 7.11 Å². The molecule has 0 saturated carbocycles. The molecule has 2 N–H and O–H groups in total. The number of benzene rings is 2. The Morgan fingerprint density at radius 2 is 1.80 bits per heavy atom. The van der Waals surface area contributed by atoms with Gasteiger partial charge in [0.15, 0.2) is 11.5 Å². The molecule has 0 radical (unpaired) electrons. The van der Waals surface area contributed by atoms with Gasteiger partial charge in [0, 0.05) is 18.0 Å². The van der Waals surface area contributed by atoms with E-state index in [1.54, 1.807) is 19.4 Å². The fraction of sp³-hybridized carbons (Fsp3) is 0.0526. The summed E-state index contributed by atoms with van der Waals surface area (Å²) in [5.74, 6) is 1.23. The van der Waals surface area contributed by atoms with Gasteiger partial charge in [-0.15, -0.1) is 0 Å². The number of ether oxygens (including phenoxy) is 1. The number of fused-ring (bicyclic) bond motifs is 1. The first kappa shape index (κ1) is 15.0. The highest BCUT2D eigenvalue weighted by molar-refractivity contribution is 5.82. The van der Waals surface area contributed by atoms with Crippen molar-refractivity contribution in [2.24, 2.45) is 0 Å². The zero-order chi connectivity index (χ0) is 17.4. The lowest BCUT2D eigenvalue weighted by molar-refractivity contribution is 0.415. The quantitative estimate of drug-likeness (QED) is 0.600. The van der Waals surface area contributed by atoms with Gasteiger partial charge in [-0.2, -0.15) is 0 Å². The molecule has 4 rings (SSSR count). The molecule has 0 aliphatic heterocycles. The molecule has 25 heavy (non-hydrogen) atoms. The number of methoxy groups -OCH3 is 1. The summed E-state index contributed by atoms with van der Waals surface area (Å²) in [6.07, 6.45) is 1.67. The Balaban J connectivity index is 2.00. The summed E-state index contributed by atoms with van der Waals surface area (Å²) in [4.78, 5) is 8.88. The van der Waals surface area contributed by atoms with Crippen LogP contribution in [0.4, 0.5) is 0 Å². The van der Waals surface area contributed by atoms with Crippen molar-refractivity contribution in [3.05, 3.63) is 60.8 Å². The second-order valence-corrected chi connectivity index (χ2v) is 5.52. The molecule has 0 bridgehead atoms. The van der Waals surface area contributed by atoms with Gasteiger partial charge in [0.25, 0.3) is 0 Å². The van der Waals surface area contributed by atoms with Crippen molar-refractivity contribution in [1.82, 2.24) is 14.5 Å². The smallest absolute Gasteiger partial charge is 0.178 e. The lowest BCUT2D eigenvalue weighted by Crippen LogP contribution is -1.98. The Kier molecular flexibility index (Phi) is 3.50. The summed E-state index contributed by atoms with van der Waals surface area (Å²) in [6.45, 7) is 0. The summed E-state index contributed by atoms with van der Waals surface area (Å²) >= 11 is 0. The lowest BCUT2D eigenvalue weighted by atomic mass is 10.1. The summed E-state index contributed by atoms with van der Waals surface area (Å²) in [6, 6.07) is 15.7. The van der Waals surface area contributed by atoms with Gasteiger partial charge in [-0.25, -0.2) is 9.97 Å². The highest BCUT2D eigenvalue weighted by Gasteiger charge is 2.17. The maximum atomic E-state index is 10.3. The van der Waals surface area contributed by atoms with Crippen molar-refractivity contribution in [3.63, 3.8) is 0 Å². The first-order valence-electron chi connectivity index (χ1n) is 7.67. The van der Waals surface area contributed by atoms with E-state index in [0.717, 1.165) is 17.0 Å². The number of phenols is 2. The van der Waals surface area contributed by atoms with Crippen molar-refractivity contribution < 1.29 is 14.9 Å². The van der Waals surface area contributed by atoms with Gasteiger partial charge in [0.2, 0.25) is 0 Å². The molecule has 2 heterocycles. The lowest BCUT2D eigenvalue weighted by Gasteiger charge is -2.11. The van der Waals surface area contributed by atoms with Crippen LogP contribution in [0.3, 0.4) is 0 Å². The van der Waals surface area contributed by atoms with Crippen LogP contribution in [0.1, 0.15) is 0 Å². The van der Waals surface area contributed by atoms with Gasteiger partial charge >= 0.3 is 0 Å². The van der Waals surface area contributed by atoms with Crippen molar-refractivity contribution in [3.8, 4) is 34.3 Å². The average Bonchev–Trinajstić information content (AvgIpc) is 3.01. The fourth-order valence-corrected chi connectivity index (χ4v) is 2.80. The molecule has 0 spiro atoms. The normalized spacial score (nSPS) is 10.9. The Hall–Kier alpha value is -3.54. The van der Waals surface area contributed by atoms with Crippen LogP contribution in [0.5, 0.6) is 17.2 Å². The molecule has 0 aliphatic carbocycles. The molecular weight excluding hydrogens is 318 g/mol. The van der Waals surface area contributed by atoms with Crippen LogP contribution in [0.25, 0.3) is 28.2 Å². The Morgan fingerprint density at radius 3 is 2.52 bits per heavy atom. The van der Waals surface area contributed by atoms with E-state index in [0.29, 0.717) is 17.0 Å². The number of hydrogen-bond donors (Lipinski definition) is 2. The van der Waals surface area contributed by atoms with Crippen LogP contribution in [0.15, 0.2) is 60.8 Å². The molecule has 2 aromatic carbocycles. The van der Waals surface area contributed by atoms with Gasteiger partial charge in [-0.1, -0.05) is 0 Å². The van der Waals surface area contributed by atoms with Crippen LogP contribution >= 0.6 is 0 Å². The molecule has 0 fully saturated rings. The summed E-state index contributed by atoms with van der Waals surface area (Å²) in [7, 11) is 1.62. The standard InChI is InChI=1S/C19H15N3O3/c1-25-14-7-4-12(5-8-14)22-16-3-2-10-20-18(16)21-19(22)15-9-6-13(23)11-17(15)24/h2-11,23-24H,1H3. The predicted molar refractivity (Wildman–Crippen MR) is 94.2 cm³/mol. The third kappa shape index (κ3) is 2.53. The summed E-state index contributed by atoms with van der Waals surface area (Å²) < 4.78 is 7.13. The highest BCUT2D eigenvalue weighted by Crippen LogP contribution is 2.35. The number of aromatic nitrogens is 3. The van der Waals surface area contributed by atoms with Gasteiger partial charge in [-0.3, -0.25) is 4.57 Å². The summed E-state index contributed by atoms with van der Waals surface area (Å²) in [5, 5.41) is 19.8. The molecule has 6 nitrogen and oxygen atoms in total. The molecule has 124 valence electrons. The number of rotatable bonds is 3. The molecular formula is C19H15N3O3. The van der Waals surface area contributed by atoms with E-state index in [1.165, 1.54) is 12.1 Å².